The van der Waals surface area contributed by atoms with Crippen LogP contribution >= 0.6 is 11.6 Å². The van der Waals surface area contributed by atoms with Gasteiger partial charge in [-0.15, -0.1) is 0 Å². The molecule has 2 unspecified atom stereocenters. The van der Waals surface area contributed by atoms with Gasteiger partial charge in [-0.05, 0) is 62.4 Å². The highest BCUT2D eigenvalue weighted by Crippen LogP contribution is 2.42. The summed E-state index contributed by atoms with van der Waals surface area (Å²) in [6.45, 7) is 1.81. The SMILES string of the molecule is NCC1CCCCN(C2CC2)C1c1ccc(F)c(Cl)c1. The summed E-state index contributed by atoms with van der Waals surface area (Å²) in [5, 5.41) is 0.221. The molecular weight excluding hydrogens is 275 g/mol. The van der Waals surface area contributed by atoms with Crippen LogP contribution in [0.4, 0.5) is 4.39 Å². The molecule has 20 heavy (non-hydrogen) atoms. The molecule has 2 N–H and O–H groups in total. The van der Waals surface area contributed by atoms with Crippen LogP contribution in [0.15, 0.2) is 18.2 Å². The van der Waals surface area contributed by atoms with E-state index in [4.69, 9.17) is 17.3 Å². The van der Waals surface area contributed by atoms with Crippen molar-refractivity contribution in [1.82, 2.24) is 4.90 Å². The van der Waals surface area contributed by atoms with Gasteiger partial charge in [0.1, 0.15) is 5.82 Å². The maximum absolute atomic E-state index is 13.4. The van der Waals surface area contributed by atoms with Gasteiger partial charge in [-0.2, -0.15) is 0 Å². The molecule has 1 heterocycles. The molecular formula is C16H22ClFN2. The molecule has 1 saturated heterocycles. The molecule has 0 bridgehead atoms. The van der Waals surface area contributed by atoms with E-state index >= 15 is 0 Å². The Morgan fingerprint density at radius 1 is 1.25 bits per heavy atom. The number of halogens is 2. The molecule has 2 nitrogen and oxygen atoms in total. The summed E-state index contributed by atoms with van der Waals surface area (Å²) in [5.41, 5.74) is 7.14. The molecule has 1 aliphatic heterocycles. The number of likely N-dealkylation sites (tertiary alicyclic amines) is 1. The van der Waals surface area contributed by atoms with Crippen LogP contribution < -0.4 is 5.73 Å². The van der Waals surface area contributed by atoms with Gasteiger partial charge in [0, 0.05) is 12.1 Å². The fourth-order valence-corrected chi connectivity index (χ4v) is 3.68. The second-order valence-corrected chi connectivity index (χ2v) is 6.49. The van der Waals surface area contributed by atoms with Crippen molar-refractivity contribution >= 4 is 11.6 Å². The van der Waals surface area contributed by atoms with Crippen LogP contribution in [0.1, 0.15) is 43.7 Å². The summed E-state index contributed by atoms with van der Waals surface area (Å²) in [6, 6.07) is 6.16. The summed E-state index contributed by atoms with van der Waals surface area (Å²) >= 11 is 5.98. The fourth-order valence-electron chi connectivity index (χ4n) is 3.49. The van der Waals surface area contributed by atoms with Crippen molar-refractivity contribution in [3.63, 3.8) is 0 Å². The average molecular weight is 297 g/mol. The van der Waals surface area contributed by atoms with Crippen LogP contribution in [0.25, 0.3) is 0 Å². The third kappa shape index (κ3) is 2.85. The lowest BCUT2D eigenvalue weighted by atomic mass is 9.89. The zero-order valence-corrected chi connectivity index (χ0v) is 12.5. The monoisotopic (exact) mass is 296 g/mol. The minimum Gasteiger partial charge on any atom is -0.330 e. The molecule has 2 atom stereocenters. The molecule has 2 fully saturated rings. The summed E-state index contributed by atoms with van der Waals surface area (Å²) in [7, 11) is 0. The summed E-state index contributed by atoms with van der Waals surface area (Å²) in [6.07, 6.45) is 6.18. The molecule has 4 heteroatoms. The molecule has 2 aliphatic rings. The first-order valence-electron chi connectivity index (χ1n) is 7.61. The highest BCUT2D eigenvalue weighted by Gasteiger charge is 2.38. The van der Waals surface area contributed by atoms with E-state index in [1.165, 1.54) is 31.7 Å². The maximum Gasteiger partial charge on any atom is 0.141 e. The number of nitrogens with two attached hydrogens (primary N) is 1. The molecule has 3 rings (SSSR count). The Hall–Kier alpha value is -0.640. The quantitative estimate of drug-likeness (QED) is 0.920. The molecule has 110 valence electrons. The topological polar surface area (TPSA) is 29.3 Å². The molecule has 0 radical (unpaired) electrons. The highest BCUT2D eigenvalue weighted by atomic mass is 35.5. The van der Waals surface area contributed by atoms with E-state index < -0.39 is 0 Å². The van der Waals surface area contributed by atoms with E-state index in [-0.39, 0.29) is 10.8 Å². The minimum atomic E-state index is -0.341. The first-order chi connectivity index (χ1) is 9.70. The highest BCUT2D eigenvalue weighted by molar-refractivity contribution is 6.30. The van der Waals surface area contributed by atoms with E-state index in [1.54, 1.807) is 6.07 Å². The number of hydrogen-bond donors (Lipinski definition) is 1. The number of nitrogens with zero attached hydrogens (tertiary/aromatic N) is 1. The van der Waals surface area contributed by atoms with Gasteiger partial charge in [0.15, 0.2) is 0 Å². The van der Waals surface area contributed by atoms with Gasteiger partial charge >= 0.3 is 0 Å². The largest absolute Gasteiger partial charge is 0.330 e. The van der Waals surface area contributed by atoms with Gasteiger partial charge in [-0.25, -0.2) is 4.39 Å². The standard InChI is InChI=1S/C16H22ClFN2/c17-14-9-11(4-7-15(14)18)16-12(10-19)3-1-2-8-20(16)13-5-6-13/h4,7,9,12-13,16H,1-3,5-6,8,10,19H2. The Balaban J connectivity index is 1.95. The Morgan fingerprint density at radius 3 is 2.70 bits per heavy atom. The first kappa shape index (κ1) is 14.3. The number of rotatable bonds is 3. The van der Waals surface area contributed by atoms with Crippen molar-refractivity contribution in [2.24, 2.45) is 11.7 Å². The van der Waals surface area contributed by atoms with E-state index in [1.807, 2.05) is 6.07 Å². The number of benzene rings is 1. The lowest BCUT2D eigenvalue weighted by Gasteiger charge is -2.35. The normalized spacial score (nSPS) is 28.4. The van der Waals surface area contributed by atoms with Crippen LogP contribution in [0, 0.1) is 11.7 Å². The predicted octanol–water partition coefficient (Wildman–Crippen LogP) is 3.74. The second-order valence-electron chi connectivity index (χ2n) is 6.08. The zero-order chi connectivity index (χ0) is 14.1. The van der Waals surface area contributed by atoms with Crippen molar-refractivity contribution in [1.29, 1.82) is 0 Å². The van der Waals surface area contributed by atoms with E-state index in [0.717, 1.165) is 18.5 Å². The third-order valence-corrected chi connectivity index (χ3v) is 4.94. The van der Waals surface area contributed by atoms with Crippen molar-refractivity contribution < 1.29 is 4.39 Å². The van der Waals surface area contributed by atoms with Crippen molar-refractivity contribution in [3.05, 3.63) is 34.6 Å². The van der Waals surface area contributed by atoms with Crippen LogP contribution in [0.5, 0.6) is 0 Å². The Bertz CT molecular complexity index is 476. The van der Waals surface area contributed by atoms with Crippen LogP contribution in [0.2, 0.25) is 5.02 Å². The molecule has 0 amide bonds. The lowest BCUT2D eigenvalue weighted by Crippen LogP contribution is -2.37. The zero-order valence-electron chi connectivity index (χ0n) is 11.7. The van der Waals surface area contributed by atoms with Crippen LogP contribution in [0.3, 0.4) is 0 Å². The van der Waals surface area contributed by atoms with Crippen molar-refractivity contribution in [2.75, 3.05) is 13.1 Å². The van der Waals surface area contributed by atoms with E-state index in [2.05, 4.69) is 4.90 Å². The molecule has 0 aromatic heterocycles. The summed E-state index contributed by atoms with van der Waals surface area (Å²) < 4.78 is 13.4. The van der Waals surface area contributed by atoms with Crippen molar-refractivity contribution in [2.45, 2.75) is 44.2 Å². The Morgan fingerprint density at radius 2 is 2.05 bits per heavy atom. The smallest absolute Gasteiger partial charge is 0.141 e. The predicted molar refractivity (Wildman–Crippen MR) is 80.3 cm³/mol. The average Bonchev–Trinajstić information content (AvgIpc) is 3.26. The van der Waals surface area contributed by atoms with Crippen LogP contribution in [-0.2, 0) is 0 Å². The van der Waals surface area contributed by atoms with Gasteiger partial charge in [0.05, 0.1) is 5.02 Å². The maximum atomic E-state index is 13.4. The van der Waals surface area contributed by atoms with Gasteiger partial charge in [-0.1, -0.05) is 24.1 Å². The Labute approximate surface area is 125 Å². The van der Waals surface area contributed by atoms with Gasteiger partial charge in [0.2, 0.25) is 0 Å². The molecule has 0 spiro atoms. The Kier molecular flexibility index (Phi) is 4.29. The molecule has 1 aromatic rings. The lowest BCUT2D eigenvalue weighted by molar-refractivity contribution is 0.149. The van der Waals surface area contributed by atoms with E-state index in [9.17, 15) is 4.39 Å². The second kappa shape index (κ2) is 6.00. The molecule has 1 aliphatic carbocycles. The van der Waals surface area contributed by atoms with Crippen LogP contribution in [-0.4, -0.2) is 24.0 Å². The first-order valence-corrected chi connectivity index (χ1v) is 7.99. The number of hydrogen-bond acceptors (Lipinski definition) is 2. The minimum absolute atomic E-state index is 0.221. The summed E-state index contributed by atoms with van der Waals surface area (Å²) in [4.78, 5) is 2.59. The molecule has 1 saturated carbocycles. The third-order valence-electron chi connectivity index (χ3n) is 4.65. The van der Waals surface area contributed by atoms with Gasteiger partial charge < -0.3 is 5.73 Å². The van der Waals surface area contributed by atoms with E-state index in [0.29, 0.717) is 24.5 Å². The van der Waals surface area contributed by atoms with Gasteiger partial charge in [-0.3, -0.25) is 4.90 Å². The van der Waals surface area contributed by atoms with Crippen molar-refractivity contribution in [3.8, 4) is 0 Å². The summed E-state index contributed by atoms with van der Waals surface area (Å²) in [5.74, 6) is 0.103. The fraction of sp³-hybridized carbons (Fsp3) is 0.625. The molecule has 1 aromatic carbocycles. The van der Waals surface area contributed by atoms with Gasteiger partial charge in [0.25, 0.3) is 0 Å².